The Bertz CT molecular complexity index is 1070. The number of carbonyl (C=O) groups excluding carboxylic acids is 2. The van der Waals surface area contributed by atoms with Crippen LogP contribution in [0.5, 0.6) is 0 Å². The predicted octanol–water partition coefficient (Wildman–Crippen LogP) is 3.41. The second kappa shape index (κ2) is 8.44. The third kappa shape index (κ3) is 4.22. The number of aromatic nitrogens is 3. The average molecular weight is 407 g/mol. The van der Waals surface area contributed by atoms with Crippen LogP contribution >= 0.6 is 0 Å². The number of piperidine rings is 1. The quantitative estimate of drug-likeness (QED) is 0.693. The largest absolute Gasteiger partial charge is 0.337 e. The summed E-state index contributed by atoms with van der Waals surface area (Å²) in [5.74, 6) is -1.12. The Hall–Kier alpha value is -3.55. The van der Waals surface area contributed by atoms with E-state index in [4.69, 9.17) is 0 Å². The summed E-state index contributed by atoms with van der Waals surface area (Å²) in [7, 11) is 0. The Morgan fingerprint density at radius 2 is 2.00 bits per heavy atom. The van der Waals surface area contributed by atoms with Crippen LogP contribution in [-0.2, 0) is 4.79 Å². The van der Waals surface area contributed by atoms with Gasteiger partial charge in [0, 0.05) is 36.7 Å². The van der Waals surface area contributed by atoms with Gasteiger partial charge in [0.1, 0.15) is 11.5 Å². The van der Waals surface area contributed by atoms with Crippen molar-refractivity contribution in [3.63, 3.8) is 0 Å². The number of nitrogens with zero attached hydrogens (tertiary/aromatic N) is 3. The van der Waals surface area contributed by atoms with E-state index in [0.717, 1.165) is 12.0 Å². The second-order valence-corrected chi connectivity index (χ2v) is 7.45. The summed E-state index contributed by atoms with van der Waals surface area (Å²) >= 11 is 0. The van der Waals surface area contributed by atoms with E-state index < -0.39 is 0 Å². The van der Waals surface area contributed by atoms with Gasteiger partial charge in [0.15, 0.2) is 0 Å². The summed E-state index contributed by atoms with van der Waals surface area (Å²) in [6.45, 7) is 2.55. The first-order valence-electron chi connectivity index (χ1n) is 9.83. The highest BCUT2D eigenvalue weighted by atomic mass is 19.1. The molecule has 0 unspecified atom stereocenters. The number of aryl methyl sites for hydroxylation is 1. The molecule has 8 heteroatoms. The molecule has 2 N–H and O–H groups in total. The van der Waals surface area contributed by atoms with E-state index in [2.05, 4.69) is 20.5 Å². The Morgan fingerprint density at radius 1 is 1.20 bits per heavy atom. The van der Waals surface area contributed by atoms with Crippen molar-refractivity contribution in [3.8, 4) is 11.3 Å². The number of anilines is 1. The molecule has 1 saturated heterocycles. The van der Waals surface area contributed by atoms with E-state index in [9.17, 15) is 14.0 Å². The molecular weight excluding hydrogens is 385 g/mol. The van der Waals surface area contributed by atoms with E-state index >= 15 is 0 Å². The van der Waals surface area contributed by atoms with Crippen molar-refractivity contribution >= 4 is 17.5 Å². The van der Waals surface area contributed by atoms with Crippen LogP contribution in [0.4, 0.5) is 10.1 Å². The standard InChI is InChI=1S/C22H22FN5O2/c1-14-4-5-17(11-18(14)23)25-21(29)16-3-2-10-28(13-16)22(30)20-12-19(26-27-20)15-6-8-24-9-7-15/h4-9,11-12,16H,2-3,10,13H2,1H3,(H,25,29)(H,26,27)/t16-/m1/s1. The summed E-state index contributed by atoms with van der Waals surface area (Å²) in [6.07, 6.45) is 4.73. The first kappa shape index (κ1) is 19.8. The molecule has 0 bridgehead atoms. The molecule has 7 nitrogen and oxygen atoms in total. The topological polar surface area (TPSA) is 91.0 Å². The molecule has 0 spiro atoms. The van der Waals surface area contributed by atoms with Gasteiger partial charge in [0.2, 0.25) is 5.91 Å². The average Bonchev–Trinajstić information content (AvgIpc) is 3.27. The van der Waals surface area contributed by atoms with Gasteiger partial charge in [-0.25, -0.2) is 4.39 Å². The molecule has 4 rings (SSSR count). The number of carbonyl (C=O) groups is 2. The number of aromatic amines is 1. The molecule has 2 amide bonds. The molecule has 154 valence electrons. The van der Waals surface area contributed by atoms with Crippen LogP contribution in [0.3, 0.4) is 0 Å². The predicted molar refractivity (Wildman–Crippen MR) is 110 cm³/mol. The molecule has 2 aromatic heterocycles. The number of hydrogen-bond acceptors (Lipinski definition) is 4. The summed E-state index contributed by atoms with van der Waals surface area (Å²) < 4.78 is 13.7. The van der Waals surface area contributed by atoms with Gasteiger partial charge in [-0.2, -0.15) is 5.10 Å². The van der Waals surface area contributed by atoms with Crippen molar-refractivity contribution < 1.29 is 14.0 Å². The Balaban J connectivity index is 1.42. The van der Waals surface area contributed by atoms with Crippen LogP contribution in [0.2, 0.25) is 0 Å². The summed E-state index contributed by atoms with van der Waals surface area (Å²) in [6, 6.07) is 9.95. The van der Waals surface area contributed by atoms with Crippen LogP contribution in [0.25, 0.3) is 11.3 Å². The fourth-order valence-corrected chi connectivity index (χ4v) is 3.56. The van der Waals surface area contributed by atoms with E-state index in [1.54, 1.807) is 42.4 Å². The number of benzene rings is 1. The van der Waals surface area contributed by atoms with Gasteiger partial charge >= 0.3 is 0 Å². The summed E-state index contributed by atoms with van der Waals surface area (Å²) in [5, 5.41) is 9.77. The number of H-pyrrole nitrogens is 1. The molecule has 0 saturated carbocycles. The van der Waals surface area contributed by atoms with Gasteiger partial charge in [0.05, 0.1) is 11.6 Å². The maximum absolute atomic E-state index is 13.7. The molecular formula is C22H22FN5O2. The molecule has 3 heterocycles. The third-order valence-corrected chi connectivity index (χ3v) is 5.30. The minimum atomic E-state index is -0.363. The fourth-order valence-electron chi connectivity index (χ4n) is 3.56. The van der Waals surface area contributed by atoms with Crippen molar-refractivity contribution in [2.75, 3.05) is 18.4 Å². The zero-order valence-corrected chi connectivity index (χ0v) is 16.6. The maximum atomic E-state index is 13.7. The fraction of sp³-hybridized carbons (Fsp3) is 0.273. The van der Waals surface area contributed by atoms with Crippen molar-refractivity contribution in [1.29, 1.82) is 0 Å². The maximum Gasteiger partial charge on any atom is 0.271 e. The van der Waals surface area contributed by atoms with Gasteiger partial charge < -0.3 is 10.2 Å². The lowest BCUT2D eigenvalue weighted by Crippen LogP contribution is -2.43. The van der Waals surface area contributed by atoms with Gasteiger partial charge in [0.25, 0.3) is 5.91 Å². The molecule has 1 aromatic carbocycles. The minimum absolute atomic E-state index is 0.193. The molecule has 0 radical (unpaired) electrons. The highest BCUT2D eigenvalue weighted by Crippen LogP contribution is 2.23. The van der Waals surface area contributed by atoms with Crippen LogP contribution in [0, 0.1) is 18.7 Å². The molecule has 1 atom stereocenters. The van der Waals surface area contributed by atoms with Crippen LogP contribution in [0.15, 0.2) is 48.8 Å². The number of halogens is 1. The smallest absolute Gasteiger partial charge is 0.271 e. The number of hydrogen-bond donors (Lipinski definition) is 2. The molecule has 1 aliphatic heterocycles. The van der Waals surface area contributed by atoms with Crippen molar-refractivity contribution in [2.45, 2.75) is 19.8 Å². The number of pyridine rings is 1. The van der Waals surface area contributed by atoms with Crippen molar-refractivity contribution in [3.05, 3.63) is 65.9 Å². The summed E-state index contributed by atoms with van der Waals surface area (Å²) in [4.78, 5) is 31.2. The zero-order valence-electron chi connectivity index (χ0n) is 16.6. The number of rotatable bonds is 4. The van der Waals surface area contributed by atoms with Gasteiger partial charge in [-0.05, 0) is 55.7 Å². The van der Waals surface area contributed by atoms with Crippen LogP contribution in [-0.4, -0.2) is 45.0 Å². The Kier molecular flexibility index (Phi) is 5.56. The van der Waals surface area contributed by atoms with E-state index in [0.29, 0.717) is 42.1 Å². The minimum Gasteiger partial charge on any atom is -0.337 e. The van der Waals surface area contributed by atoms with Crippen LogP contribution < -0.4 is 5.32 Å². The van der Waals surface area contributed by atoms with Gasteiger partial charge in [-0.15, -0.1) is 0 Å². The van der Waals surface area contributed by atoms with Crippen LogP contribution in [0.1, 0.15) is 28.9 Å². The number of nitrogens with one attached hydrogen (secondary N) is 2. The Labute approximate surface area is 173 Å². The monoisotopic (exact) mass is 407 g/mol. The normalized spacial score (nSPS) is 16.3. The lowest BCUT2D eigenvalue weighted by atomic mass is 9.96. The highest BCUT2D eigenvalue weighted by molar-refractivity contribution is 5.95. The first-order chi connectivity index (χ1) is 14.5. The molecule has 1 aliphatic rings. The van der Waals surface area contributed by atoms with Crippen molar-refractivity contribution in [2.24, 2.45) is 5.92 Å². The van der Waals surface area contributed by atoms with Gasteiger partial charge in [-0.3, -0.25) is 19.7 Å². The lowest BCUT2D eigenvalue weighted by Gasteiger charge is -2.31. The third-order valence-electron chi connectivity index (χ3n) is 5.30. The SMILES string of the molecule is Cc1ccc(NC(=O)[C@@H]2CCCN(C(=O)c3cc(-c4ccncc4)n[nH]3)C2)cc1F. The van der Waals surface area contributed by atoms with E-state index in [1.165, 1.54) is 6.07 Å². The number of amides is 2. The zero-order chi connectivity index (χ0) is 21.1. The molecule has 1 fully saturated rings. The highest BCUT2D eigenvalue weighted by Gasteiger charge is 2.30. The van der Waals surface area contributed by atoms with E-state index in [-0.39, 0.29) is 23.5 Å². The lowest BCUT2D eigenvalue weighted by molar-refractivity contribution is -0.121. The first-order valence-corrected chi connectivity index (χ1v) is 9.83. The summed E-state index contributed by atoms with van der Waals surface area (Å²) in [5.41, 5.74) is 2.84. The molecule has 30 heavy (non-hydrogen) atoms. The van der Waals surface area contributed by atoms with Gasteiger partial charge in [-0.1, -0.05) is 6.07 Å². The molecule has 3 aromatic rings. The second-order valence-electron chi connectivity index (χ2n) is 7.45. The van der Waals surface area contributed by atoms with E-state index in [1.807, 2.05) is 12.1 Å². The Morgan fingerprint density at radius 3 is 2.77 bits per heavy atom. The van der Waals surface area contributed by atoms with Crippen molar-refractivity contribution in [1.82, 2.24) is 20.1 Å². The molecule has 0 aliphatic carbocycles. The number of likely N-dealkylation sites (tertiary alicyclic amines) is 1.